The van der Waals surface area contributed by atoms with E-state index in [2.05, 4.69) is 5.32 Å². The van der Waals surface area contributed by atoms with Gasteiger partial charge in [0.05, 0.1) is 0 Å². The quantitative estimate of drug-likeness (QED) is 0.726. The Morgan fingerprint density at radius 2 is 2.11 bits per heavy atom. The lowest BCUT2D eigenvalue weighted by molar-refractivity contribution is -0.119. The van der Waals surface area contributed by atoms with Gasteiger partial charge in [-0.3, -0.25) is 4.79 Å². The summed E-state index contributed by atoms with van der Waals surface area (Å²) in [5.74, 6) is 0.0776. The average molecular weight is 250 g/mol. The Morgan fingerprint density at radius 3 is 2.72 bits per heavy atom. The number of rotatable bonds is 6. The van der Waals surface area contributed by atoms with Crippen LogP contribution in [0.5, 0.6) is 5.75 Å². The second-order valence-electron chi connectivity index (χ2n) is 4.85. The molecular formula is C14H22N2O2. The fourth-order valence-corrected chi connectivity index (χ4v) is 1.73. The number of nitrogens with two attached hydrogens (primary N) is 1. The summed E-state index contributed by atoms with van der Waals surface area (Å²) in [6.07, 6.45) is 2.71. The van der Waals surface area contributed by atoms with Gasteiger partial charge in [-0.2, -0.15) is 0 Å². The minimum Gasteiger partial charge on any atom is -0.508 e. The minimum atomic E-state index is -0.0499. The summed E-state index contributed by atoms with van der Waals surface area (Å²) in [5.41, 5.74) is 6.29. The Morgan fingerprint density at radius 1 is 1.39 bits per heavy atom. The molecule has 1 amide bonds. The van der Waals surface area contributed by atoms with E-state index in [9.17, 15) is 9.90 Å². The highest BCUT2D eigenvalue weighted by Crippen LogP contribution is 2.17. The first-order valence-electron chi connectivity index (χ1n) is 6.34. The zero-order valence-corrected chi connectivity index (χ0v) is 11.0. The molecule has 18 heavy (non-hydrogen) atoms. The highest BCUT2D eigenvalue weighted by Gasteiger charge is 2.13. The molecule has 0 bridgehead atoms. The van der Waals surface area contributed by atoms with Gasteiger partial charge in [0.2, 0.25) is 5.91 Å². The van der Waals surface area contributed by atoms with E-state index >= 15 is 0 Å². The van der Waals surface area contributed by atoms with Gasteiger partial charge in [-0.25, -0.2) is 0 Å². The lowest BCUT2D eigenvalue weighted by Crippen LogP contribution is -2.21. The van der Waals surface area contributed by atoms with Crippen molar-refractivity contribution in [2.45, 2.75) is 39.2 Å². The highest BCUT2D eigenvalue weighted by atomic mass is 16.3. The van der Waals surface area contributed by atoms with E-state index in [0.717, 1.165) is 19.3 Å². The number of benzene rings is 1. The lowest BCUT2D eigenvalue weighted by atomic mass is 10.0. The van der Waals surface area contributed by atoms with Crippen LogP contribution in [0.2, 0.25) is 0 Å². The number of aromatic hydroxyl groups is 1. The molecule has 0 aliphatic carbocycles. The van der Waals surface area contributed by atoms with Crippen LogP contribution >= 0.6 is 0 Å². The van der Waals surface area contributed by atoms with E-state index in [4.69, 9.17) is 5.73 Å². The van der Waals surface area contributed by atoms with Crippen molar-refractivity contribution in [1.82, 2.24) is 0 Å². The molecule has 2 unspecified atom stereocenters. The number of phenolic OH excluding ortho intramolecular Hbond substituents is 1. The van der Waals surface area contributed by atoms with Crippen molar-refractivity contribution in [3.8, 4) is 5.75 Å². The molecule has 0 saturated carbocycles. The summed E-state index contributed by atoms with van der Waals surface area (Å²) in [7, 11) is 0. The number of amides is 1. The molecule has 2 atom stereocenters. The smallest absolute Gasteiger partial charge is 0.227 e. The van der Waals surface area contributed by atoms with E-state index < -0.39 is 0 Å². The van der Waals surface area contributed by atoms with Crippen LogP contribution in [0.3, 0.4) is 0 Å². The van der Waals surface area contributed by atoms with Crippen LogP contribution in [0, 0.1) is 5.92 Å². The molecule has 0 spiro atoms. The number of nitrogens with one attached hydrogen (secondary N) is 1. The molecule has 4 N–H and O–H groups in total. The van der Waals surface area contributed by atoms with E-state index in [1.54, 1.807) is 18.2 Å². The number of anilines is 1. The summed E-state index contributed by atoms with van der Waals surface area (Å²) >= 11 is 0. The summed E-state index contributed by atoms with van der Waals surface area (Å²) in [5, 5.41) is 12.1. The Balaban J connectivity index is 2.40. The van der Waals surface area contributed by atoms with Gasteiger partial charge in [-0.05, 0) is 31.9 Å². The van der Waals surface area contributed by atoms with Gasteiger partial charge < -0.3 is 16.2 Å². The predicted molar refractivity (Wildman–Crippen MR) is 73.4 cm³/mol. The maximum atomic E-state index is 11.9. The molecule has 0 saturated heterocycles. The van der Waals surface area contributed by atoms with Crippen LogP contribution in [0.4, 0.5) is 5.69 Å². The molecule has 1 aromatic carbocycles. The van der Waals surface area contributed by atoms with Crippen LogP contribution in [0.25, 0.3) is 0 Å². The molecule has 4 heteroatoms. The Hall–Kier alpha value is -1.55. The third kappa shape index (κ3) is 5.19. The van der Waals surface area contributed by atoms with Crippen molar-refractivity contribution in [2.24, 2.45) is 11.7 Å². The molecule has 0 fully saturated rings. The van der Waals surface area contributed by atoms with Crippen molar-refractivity contribution in [1.29, 1.82) is 0 Å². The first-order chi connectivity index (χ1) is 8.49. The summed E-state index contributed by atoms with van der Waals surface area (Å²) in [6.45, 7) is 3.87. The number of carbonyl (C=O) groups is 1. The van der Waals surface area contributed by atoms with E-state index in [1.807, 2.05) is 13.8 Å². The SMILES string of the molecule is CC(N)CCCC(C)C(=O)Nc1cccc(O)c1. The zero-order chi connectivity index (χ0) is 13.5. The third-order valence-corrected chi connectivity index (χ3v) is 2.86. The normalized spacial score (nSPS) is 13.9. The maximum absolute atomic E-state index is 11.9. The molecule has 0 radical (unpaired) electrons. The molecule has 0 aliphatic rings. The monoisotopic (exact) mass is 250 g/mol. The molecule has 0 aliphatic heterocycles. The topological polar surface area (TPSA) is 75.4 Å². The second-order valence-corrected chi connectivity index (χ2v) is 4.85. The van der Waals surface area contributed by atoms with Crippen molar-refractivity contribution in [3.05, 3.63) is 24.3 Å². The van der Waals surface area contributed by atoms with Crippen molar-refractivity contribution in [2.75, 3.05) is 5.32 Å². The third-order valence-electron chi connectivity index (χ3n) is 2.86. The largest absolute Gasteiger partial charge is 0.508 e. The Labute approximate surface area is 108 Å². The zero-order valence-electron chi connectivity index (χ0n) is 11.0. The summed E-state index contributed by atoms with van der Waals surface area (Å²) < 4.78 is 0. The Bertz CT molecular complexity index is 391. The summed E-state index contributed by atoms with van der Waals surface area (Å²) in [4.78, 5) is 11.9. The summed E-state index contributed by atoms with van der Waals surface area (Å²) in [6, 6.07) is 6.75. The van der Waals surface area contributed by atoms with Crippen LogP contribution in [-0.2, 0) is 4.79 Å². The second kappa shape index (κ2) is 7.01. The highest BCUT2D eigenvalue weighted by molar-refractivity contribution is 5.92. The number of hydrogen-bond acceptors (Lipinski definition) is 3. The van der Waals surface area contributed by atoms with E-state index in [-0.39, 0.29) is 23.6 Å². The van der Waals surface area contributed by atoms with Crippen LogP contribution in [0.1, 0.15) is 33.1 Å². The van der Waals surface area contributed by atoms with Gasteiger partial charge in [0.25, 0.3) is 0 Å². The van der Waals surface area contributed by atoms with Gasteiger partial charge in [-0.1, -0.05) is 19.4 Å². The standard InChI is InChI=1S/C14H22N2O2/c1-10(5-3-6-11(2)15)14(18)16-12-7-4-8-13(17)9-12/h4,7-11,17H,3,5-6,15H2,1-2H3,(H,16,18). The molecule has 1 rings (SSSR count). The van der Waals surface area contributed by atoms with Crippen molar-refractivity contribution in [3.63, 3.8) is 0 Å². The molecule has 100 valence electrons. The molecule has 0 heterocycles. The first kappa shape index (κ1) is 14.5. The lowest BCUT2D eigenvalue weighted by Gasteiger charge is -2.13. The molecule has 0 aromatic heterocycles. The fraction of sp³-hybridized carbons (Fsp3) is 0.500. The molecule has 4 nitrogen and oxygen atoms in total. The first-order valence-corrected chi connectivity index (χ1v) is 6.34. The van der Waals surface area contributed by atoms with Crippen LogP contribution in [-0.4, -0.2) is 17.1 Å². The maximum Gasteiger partial charge on any atom is 0.227 e. The fourth-order valence-electron chi connectivity index (χ4n) is 1.73. The van der Waals surface area contributed by atoms with Crippen molar-refractivity contribution < 1.29 is 9.90 Å². The van der Waals surface area contributed by atoms with E-state index in [0.29, 0.717) is 5.69 Å². The number of hydrogen-bond donors (Lipinski definition) is 3. The average Bonchev–Trinajstić information content (AvgIpc) is 2.28. The number of carbonyl (C=O) groups excluding carboxylic acids is 1. The van der Waals surface area contributed by atoms with Gasteiger partial charge >= 0.3 is 0 Å². The van der Waals surface area contributed by atoms with Crippen LogP contribution in [0.15, 0.2) is 24.3 Å². The van der Waals surface area contributed by atoms with Crippen LogP contribution < -0.4 is 11.1 Å². The van der Waals surface area contributed by atoms with Gasteiger partial charge in [0.15, 0.2) is 0 Å². The van der Waals surface area contributed by atoms with E-state index in [1.165, 1.54) is 6.07 Å². The van der Waals surface area contributed by atoms with Gasteiger partial charge in [0.1, 0.15) is 5.75 Å². The van der Waals surface area contributed by atoms with Gasteiger partial charge in [-0.15, -0.1) is 0 Å². The molecular weight excluding hydrogens is 228 g/mol. The molecule has 1 aromatic rings. The predicted octanol–water partition coefficient (Wildman–Crippen LogP) is 2.48. The van der Waals surface area contributed by atoms with Gasteiger partial charge in [0, 0.05) is 23.7 Å². The Kier molecular flexibility index (Phi) is 5.65. The minimum absolute atomic E-state index is 0.0229. The number of phenols is 1. The van der Waals surface area contributed by atoms with Crippen molar-refractivity contribution >= 4 is 11.6 Å².